The summed E-state index contributed by atoms with van der Waals surface area (Å²) >= 11 is 17.0. The molecule has 0 saturated heterocycles. The van der Waals surface area contributed by atoms with E-state index in [2.05, 4.69) is 18.2 Å². The molecule has 0 aliphatic rings. The van der Waals surface area contributed by atoms with Gasteiger partial charge in [-0.25, -0.2) is 17.4 Å². The van der Waals surface area contributed by atoms with Crippen LogP contribution in [0.15, 0.2) is 40.1 Å². The quantitative estimate of drug-likeness (QED) is 0.313. The van der Waals surface area contributed by atoms with Crippen LogP contribution in [0, 0.1) is 6.07 Å². The number of halogens is 4. The maximum Gasteiger partial charge on any atom is 2.00 e. The van der Waals surface area contributed by atoms with Gasteiger partial charge >= 0.3 is 41.9 Å². The second kappa shape index (κ2) is 11.3. The SMILES string of the molecule is Clc1[c-]c2sc(Cl)c(Sc3ccccc3)c2s1.[Cl-].[Cl-].[Li+].[Mg+2]. The number of rotatable bonds is 2. The van der Waals surface area contributed by atoms with Crippen molar-refractivity contribution in [2.75, 3.05) is 0 Å². The Balaban J connectivity index is 0. The van der Waals surface area contributed by atoms with Crippen molar-refractivity contribution in [3.63, 3.8) is 0 Å². The van der Waals surface area contributed by atoms with Crippen molar-refractivity contribution in [1.29, 1.82) is 0 Å². The summed E-state index contributed by atoms with van der Waals surface area (Å²) in [5.74, 6) is 0. The van der Waals surface area contributed by atoms with Crippen molar-refractivity contribution >= 4 is 90.1 Å². The largest absolute Gasteiger partial charge is 2.00 e. The van der Waals surface area contributed by atoms with Crippen LogP contribution in [0.25, 0.3) is 9.40 Å². The molecule has 0 atom stereocenters. The molecule has 2 heterocycles. The fourth-order valence-corrected chi connectivity index (χ4v) is 5.47. The average Bonchev–Trinajstić information content (AvgIpc) is 2.79. The van der Waals surface area contributed by atoms with Crippen LogP contribution in [-0.4, -0.2) is 23.1 Å². The molecule has 0 unspecified atom stereocenters. The van der Waals surface area contributed by atoms with Gasteiger partial charge < -0.3 is 24.8 Å². The molecule has 3 rings (SSSR count). The topological polar surface area (TPSA) is 0 Å². The van der Waals surface area contributed by atoms with E-state index in [0.717, 1.165) is 18.6 Å². The van der Waals surface area contributed by atoms with Gasteiger partial charge in [-0.15, -0.1) is 16.5 Å². The molecule has 0 fully saturated rings. The summed E-state index contributed by atoms with van der Waals surface area (Å²) in [6, 6.07) is 13.3. The van der Waals surface area contributed by atoms with Crippen LogP contribution in [0.5, 0.6) is 0 Å². The summed E-state index contributed by atoms with van der Waals surface area (Å²) < 4.78 is 3.69. The maximum atomic E-state index is 6.25. The van der Waals surface area contributed by atoms with Crippen LogP contribution in [0.4, 0.5) is 0 Å². The molecule has 0 radical (unpaired) electrons. The molecule has 0 nitrogen and oxygen atoms in total. The monoisotopic (exact) mass is 416 g/mol. The second-order valence-corrected chi connectivity index (χ2v) is 7.61. The number of hydrogen-bond acceptors (Lipinski definition) is 3. The smallest absolute Gasteiger partial charge is 1.00 e. The van der Waals surface area contributed by atoms with E-state index in [-0.39, 0.29) is 66.7 Å². The first-order valence-corrected chi connectivity index (χ1v) is 7.97. The third-order valence-corrected chi connectivity index (χ3v) is 6.30. The van der Waals surface area contributed by atoms with Crippen molar-refractivity contribution in [2.24, 2.45) is 0 Å². The fraction of sp³-hybridized carbons (Fsp3) is 0. The van der Waals surface area contributed by atoms with Gasteiger partial charge in [-0.05, 0) is 21.4 Å². The standard InChI is InChI=1S/C12H5Cl2S3.2ClH.Li.Mg/c13-9-6-8-10(17-9)11(12(14)16-8)15-7-4-2-1-3-5-7;;;;/h1-5H;2*1H;;/q-1;;;+1;+2/p-2. The maximum absolute atomic E-state index is 6.25. The molecule has 0 spiro atoms. The van der Waals surface area contributed by atoms with Gasteiger partial charge in [-0.3, -0.25) is 0 Å². The Labute approximate surface area is 186 Å². The minimum Gasteiger partial charge on any atom is -1.00 e. The Morgan fingerprint density at radius 1 is 1.00 bits per heavy atom. The third-order valence-electron chi connectivity index (χ3n) is 2.15. The van der Waals surface area contributed by atoms with Crippen LogP contribution in [0.3, 0.4) is 0 Å². The summed E-state index contributed by atoms with van der Waals surface area (Å²) in [6.07, 6.45) is 0. The van der Waals surface area contributed by atoms with Gasteiger partial charge in [-0.1, -0.05) is 46.1 Å². The molecule has 3 aromatic rings. The van der Waals surface area contributed by atoms with Gasteiger partial charge in [0.15, 0.2) is 0 Å². The first-order chi connectivity index (χ1) is 8.24. The third kappa shape index (κ3) is 5.96. The molecule has 0 amide bonds. The van der Waals surface area contributed by atoms with Crippen LogP contribution in [-0.2, 0) is 0 Å². The Bertz CT molecular complexity index is 672. The van der Waals surface area contributed by atoms with E-state index in [1.54, 1.807) is 11.8 Å². The predicted molar refractivity (Wildman–Crippen MR) is 84.9 cm³/mol. The van der Waals surface area contributed by atoms with Crippen molar-refractivity contribution < 1.29 is 43.7 Å². The number of thiophene rings is 2. The minimum atomic E-state index is 0. The summed E-state index contributed by atoms with van der Waals surface area (Å²) in [7, 11) is 0. The Morgan fingerprint density at radius 3 is 2.24 bits per heavy atom. The Hall–Kier alpha value is 1.75. The summed E-state index contributed by atoms with van der Waals surface area (Å²) in [5, 5.41) is 0. The molecule has 102 valence electrons. The van der Waals surface area contributed by atoms with E-state index < -0.39 is 0 Å². The van der Waals surface area contributed by atoms with Crippen molar-refractivity contribution in [2.45, 2.75) is 9.79 Å². The van der Waals surface area contributed by atoms with Gasteiger partial charge in [0.25, 0.3) is 0 Å². The van der Waals surface area contributed by atoms with Crippen LogP contribution >= 0.6 is 57.6 Å². The van der Waals surface area contributed by atoms with Gasteiger partial charge in [0.1, 0.15) is 0 Å². The molecule has 1 aromatic carbocycles. The first kappa shape index (κ1) is 25.0. The van der Waals surface area contributed by atoms with E-state index in [1.165, 1.54) is 27.6 Å². The number of fused-ring (bicyclic) bond motifs is 1. The van der Waals surface area contributed by atoms with E-state index >= 15 is 0 Å². The van der Waals surface area contributed by atoms with Crippen molar-refractivity contribution in [1.82, 2.24) is 0 Å². The molecule has 21 heavy (non-hydrogen) atoms. The average molecular weight is 418 g/mol. The summed E-state index contributed by atoms with van der Waals surface area (Å²) in [5.41, 5.74) is 0. The molecule has 0 saturated carbocycles. The summed E-state index contributed by atoms with van der Waals surface area (Å²) in [4.78, 5) is 2.27. The molecule has 9 heteroatoms. The molecule has 2 aromatic heterocycles. The van der Waals surface area contributed by atoms with Crippen LogP contribution in [0.2, 0.25) is 8.67 Å². The molecular formula is C12H5Cl4LiMgS3. The fourth-order valence-electron chi connectivity index (χ4n) is 1.45. The normalized spacial score (nSPS) is 9.05. The molecule has 0 bridgehead atoms. The number of hydrogen-bond donors (Lipinski definition) is 0. The van der Waals surface area contributed by atoms with Crippen molar-refractivity contribution in [3.8, 4) is 0 Å². The van der Waals surface area contributed by atoms with E-state index in [9.17, 15) is 0 Å². The molecule has 0 aliphatic carbocycles. The van der Waals surface area contributed by atoms with E-state index in [4.69, 9.17) is 23.2 Å². The van der Waals surface area contributed by atoms with E-state index in [1.807, 2.05) is 18.2 Å². The Morgan fingerprint density at radius 2 is 1.62 bits per heavy atom. The number of benzene rings is 1. The van der Waals surface area contributed by atoms with Gasteiger partial charge in [0.05, 0.1) is 4.34 Å². The van der Waals surface area contributed by atoms with Gasteiger partial charge in [-0.2, -0.15) is 11.3 Å². The molecule has 0 N–H and O–H groups in total. The minimum absolute atomic E-state index is 0. The zero-order valence-electron chi connectivity index (χ0n) is 10.8. The van der Waals surface area contributed by atoms with Gasteiger partial charge in [0, 0.05) is 4.90 Å². The van der Waals surface area contributed by atoms with Crippen molar-refractivity contribution in [3.05, 3.63) is 45.1 Å². The zero-order chi connectivity index (χ0) is 11.8. The molecular weight excluding hydrogens is 413 g/mol. The predicted octanol–water partition coefficient (Wildman–Crippen LogP) is -3.15. The summed E-state index contributed by atoms with van der Waals surface area (Å²) in [6.45, 7) is 0. The van der Waals surface area contributed by atoms with Gasteiger partial charge in [0.2, 0.25) is 0 Å². The molecule has 0 aliphatic heterocycles. The first-order valence-electron chi connectivity index (χ1n) is 4.76. The van der Waals surface area contributed by atoms with Crippen LogP contribution < -0.4 is 43.7 Å². The Kier molecular flexibility index (Phi) is 13.5. The zero-order valence-corrected chi connectivity index (χ0v) is 17.7. The second-order valence-electron chi connectivity index (χ2n) is 3.28. The van der Waals surface area contributed by atoms with E-state index in [0.29, 0.717) is 4.34 Å². The van der Waals surface area contributed by atoms with Crippen LogP contribution in [0.1, 0.15) is 0 Å².